The molecule has 0 amide bonds. The molecule has 1 aliphatic heterocycles. The quantitative estimate of drug-likeness (QED) is 0.640. The van der Waals surface area contributed by atoms with Crippen molar-refractivity contribution in [2.45, 2.75) is 26.4 Å². The molecule has 2 heterocycles. The van der Waals surface area contributed by atoms with Gasteiger partial charge in [-0.2, -0.15) is 0 Å². The monoisotopic (exact) mass is 437 g/mol. The third-order valence-corrected chi connectivity index (χ3v) is 6.31. The van der Waals surface area contributed by atoms with Crippen LogP contribution in [0.1, 0.15) is 29.8 Å². The van der Waals surface area contributed by atoms with Crippen LogP contribution in [0.25, 0.3) is 0 Å². The summed E-state index contributed by atoms with van der Waals surface area (Å²) in [5.41, 5.74) is 3.15. The van der Waals surface area contributed by atoms with Crippen LogP contribution in [0.5, 0.6) is 5.75 Å². The molecule has 31 heavy (non-hydrogen) atoms. The third-order valence-electron chi connectivity index (χ3n) is 6.08. The normalized spacial score (nSPS) is 15.8. The highest BCUT2D eigenvalue weighted by atomic mass is 35.5. The van der Waals surface area contributed by atoms with Crippen molar-refractivity contribution in [1.29, 1.82) is 0 Å². The maximum absolute atomic E-state index is 13.4. The van der Waals surface area contributed by atoms with Gasteiger partial charge in [0.15, 0.2) is 0 Å². The second kappa shape index (κ2) is 9.16. The molecular formula is C25H28ClN3O2. The van der Waals surface area contributed by atoms with E-state index in [4.69, 9.17) is 11.6 Å². The van der Waals surface area contributed by atoms with Gasteiger partial charge in [0, 0.05) is 49.1 Å². The van der Waals surface area contributed by atoms with Crippen LogP contribution in [0.15, 0.2) is 65.5 Å². The van der Waals surface area contributed by atoms with Gasteiger partial charge in [-0.1, -0.05) is 41.9 Å². The van der Waals surface area contributed by atoms with Crippen molar-refractivity contribution >= 4 is 17.3 Å². The van der Waals surface area contributed by atoms with Crippen LogP contribution in [0.2, 0.25) is 5.02 Å². The molecule has 0 bridgehead atoms. The number of aromatic hydroxyl groups is 1. The molecule has 0 aliphatic carbocycles. The maximum Gasteiger partial charge on any atom is 0.259 e. The zero-order valence-corrected chi connectivity index (χ0v) is 18.7. The number of anilines is 1. The fourth-order valence-corrected chi connectivity index (χ4v) is 4.73. The highest BCUT2D eigenvalue weighted by Crippen LogP contribution is 2.34. The van der Waals surface area contributed by atoms with E-state index in [2.05, 4.69) is 21.9 Å². The van der Waals surface area contributed by atoms with Crippen molar-refractivity contribution in [3.63, 3.8) is 0 Å². The standard InChI is InChI=1S/C25H28ClN3O2/c1-3-29-18(2)16-22(30)23(25(29)31)24(19-8-7-9-20(26)17-19)28-14-12-27(13-15-28)21-10-5-4-6-11-21/h4-11,16-17,24,30H,3,12-15H2,1-2H3. The molecule has 1 saturated heterocycles. The summed E-state index contributed by atoms with van der Waals surface area (Å²) in [6.07, 6.45) is 0. The third kappa shape index (κ3) is 4.34. The van der Waals surface area contributed by atoms with E-state index in [1.54, 1.807) is 10.6 Å². The number of benzene rings is 2. The average Bonchev–Trinajstić information content (AvgIpc) is 2.77. The lowest BCUT2D eigenvalue weighted by Crippen LogP contribution is -2.49. The van der Waals surface area contributed by atoms with E-state index in [0.717, 1.165) is 37.4 Å². The molecule has 1 N–H and O–H groups in total. The molecule has 1 unspecified atom stereocenters. The number of aromatic nitrogens is 1. The lowest BCUT2D eigenvalue weighted by atomic mass is 9.96. The van der Waals surface area contributed by atoms with Gasteiger partial charge < -0.3 is 14.6 Å². The Bertz CT molecular complexity index is 1110. The van der Waals surface area contributed by atoms with E-state index in [1.807, 2.05) is 56.3 Å². The highest BCUT2D eigenvalue weighted by Gasteiger charge is 2.31. The number of hydrogen-bond acceptors (Lipinski definition) is 4. The van der Waals surface area contributed by atoms with Gasteiger partial charge in [-0.25, -0.2) is 0 Å². The van der Waals surface area contributed by atoms with Crippen molar-refractivity contribution in [2.75, 3.05) is 31.1 Å². The smallest absolute Gasteiger partial charge is 0.259 e. The molecule has 1 atom stereocenters. The lowest BCUT2D eigenvalue weighted by molar-refractivity contribution is 0.207. The van der Waals surface area contributed by atoms with Crippen molar-refractivity contribution in [3.8, 4) is 5.75 Å². The van der Waals surface area contributed by atoms with E-state index in [9.17, 15) is 9.90 Å². The van der Waals surface area contributed by atoms with Crippen LogP contribution >= 0.6 is 11.6 Å². The van der Waals surface area contributed by atoms with Crippen molar-refractivity contribution < 1.29 is 5.11 Å². The van der Waals surface area contributed by atoms with Gasteiger partial charge in [0.05, 0.1) is 11.6 Å². The zero-order valence-electron chi connectivity index (χ0n) is 18.0. The fraction of sp³-hybridized carbons (Fsp3) is 0.320. The predicted molar refractivity (Wildman–Crippen MR) is 126 cm³/mol. The van der Waals surface area contributed by atoms with Gasteiger partial charge >= 0.3 is 0 Å². The van der Waals surface area contributed by atoms with E-state index in [-0.39, 0.29) is 17.4 Å². The van der Waals surface area contributed by atoms with Crippen LogP contribution in [-0.4, -0.2) is 40.8 Å². The number of halogens is 1. The first kappa shape index (κ1) is 21.5. The van der Waals surface area contributed by atoms with Gasteiger partial charge in [0.1, 0.15) is 5.75 Å². The molecule has 3 aromatic rings. The SMILES string of the molecule is CCn1c(C)cc(O)c(C(c2cccc(Cl)c2)N2CCN(c3ccccc3)CC2)c1=O. The minimum absolute atomic E-state index is 0.0441. The minimum atomic E-state index is -0.359. The molecule has 2 aromatic carbocycles. The number of rotatable bonds is 5. The summed E-state index contributed by atoms with van der Waals surface area (Å²) in [4.78, 5) is 18.0. The van der Waals surface area contributed by atoms with Gasteiger partial charge in [-0.05, 0) is 49.7 Å². The van der Waals surface area contributed by atoms with E-state index in [1.165, 1.54) is 5.69 Å². The highest BCUT2D eigenvalue weighted by molar-refractivity contribution is 6.30. The van der Waals surface area contributed by atoms with Crippen molar-refractivity contribution in [3.05, 3.63) is 92.9 Å². The summed E-state index contributed by atoms with van der Waals surface area (Å²) in [6, 6.07) is 19.3. The Balaban J connectivity index is 1.73. The zero-order chi connectivity index (χ0) is 22.0. The second-order valence-electron chi connectivity index (χ2n) is 7.95. The molecule has 1 fully saturated rings. The Labute approximate surface area is 188 Å². The Morgan fingerprint density at radius 2 is 1.71 bits per heavy atom. The number of nitrogens with zero attached hydrogens (tertiary/aromatic N) is 3. The first-order valence-corrected chi connectivity index (χ1v) is 11.1. The van der Waals surface area contributed by atoms with Gasteiger partial charge in [-0.15, -0.1) is 0 Å². The molecule has 0 spiro atoms. The summed E-state index contributed by atoms with van der Waals surface area (Å²) < 4.78 is 1.72. The molecule has 5 nitrogen and oxygen atoms in total. The molecule has 0 radical (unpaired) electrons. The molecular weight excluding hydrogens is 410 g/mol. The predicted octanol–water partition coefficient (Wildman–Crippen LogP) is 4.45. The van der Waals surface area contributed by atoms with Gasteiger partial charge in [-0.3, -0.25) is 9.69 Å². The van der Waals surface area contributed by atoms with Crippen molar-refractivity contribution in [1.82, 2.24) is 9.47 Å². The topological polar surface area (TPSA) is 48.7 Å². The van der Waals surface area contributed by atoms with Gasteiger partial charge in [0.25, 0.3) is 5.56 Å². The fourth-order valence-electron chi connectivity index (χ4n) is 4.53. The Hall–Kier alpha value is -2.76. The van der Waals surface area contributed by atoms with Crippen LogP contribution in [0, 0.1) is 6.92 Å². The first-order chi connectivity index (χ1) is 15.0. The van der Waals surface area contributed by atoms with Gasteiger partial charge in [0.2, 0.25) is 0 Å². The molecule has 1 aliphatic rings. The number of pyridine rings is 1. The second-order valence-corrected chi connectivity index (χ2v) is 8.39. The Morgan fingerprint density at radius 3 is 2.35 bits per heavy atom. The lowest BCUT2D eigenvalue weighted by Gasteiger charge is -2.40. The van der Waals surface area contributed by atoms with E-state index < -0.39 is 0 Å². The largest absolute Gasteiger partial charge is 0.507 e. The maximum atomic E-state index is 13.4. The van der Waals surface area contributed by atoms with Crippen molar-refractivity contribution in [2.24, 2.45) is 0 Å². The molecule has 162 valence electrons. The number of aryl methyl sites for hydroxylation is 1. The molecule has 0 saturated carbocycles. The van der Waals surface area contributed by atoms with E-state index in [0.29, 0.717) is 17.1 Å². The minimum Gasteiger partial charge on any atom is -0.507 e. The Morgan fingerprint density at radius 1 is 1.00 bits per heavy atom. The van der Waals surface area contributed by atoms with E-state index >= 15 is 0 Å². The molecule has 4 rings (SSSR count). The average molecular weight is 438 g/mol. The summed E-state index contributed by atoms with van der Waals surface area (Å²) in [5, 5.41) is 11.5. The number of hydrogen-bond donors (Lipinski definition) is 1. The summed E-state index contributed by atoms with van der Waals surface area (Å²) in [7, 11) is 0. The number of para-hydroxylation sites is 1. The van der Waals surface area contributed by atoms with Crippen LogP contribution in [0.4, 0.5) is 5.69 Å². The van der Waals surface area contributed by atoms with Crippen LogP contribution < -0.4 is 10.5 Å². The summed E-state index contributed by atoms with van der Waals surface area (Å²) in [6.45, 7) is 7.58. The number of piperazine rings is 1. The summed E-state index contributed by atoms with van der Waals surface area (Å²) in [5.74, 6) is 0.0441. The van der Waals surface area contributed by atoms with Crippen LogP contribution in [0.3, 0.4) is 0 Å². The molecule has 6 heteroatoms. The first-order valence-electron chi connectivity index (χ1n) is 10.7. The Kier molecular flexibility index (Phi) is 6.35. The summed E-state index contributed by atoms with van der Waals surface area (Å²) >= 11 is 6.31. The molecule has 1 aromatic heterocycles. The van der Waals surface area contributed by atoms with Crippen LogP contribution in [-0.2, 0) is 6.54 Å².